The van der Waals surface area contributed by atoms with Gasteiger partial charge in [-0.3, -0.25) is 9.69 Å². The largest absolute Gasteiger partial charge is 0.285 e. The number of thioether (sulfide) groups is 1. The molecule has 1 aliphatic rings. The van der Waals surface area contributed by atoms with E-state index in [1.807, 2.05) is 42.5 Å². The van der Waals surface area contributed by atoms with Crippen molar-refractivity contribution < 1.29 is 4.79 Å². The van der Waals surface area contributed by atoms with Crippen LogP contribution in [-0.4, -0.2) is 27.9 Å². The molecule has 2 aromatic carbocycles. The van der Waals surface area contributed by atoms with Gasteiger partial charge in [0.25, 0.3) is 0 Å². The Hall–Kier alpha value is -2.11. The number of nitrogens with zero attached hydrogens (tertiary/aromatic N) is 3. The summed E-state index contributed by atoms with van der Waals surface area (Å²) in [6.45, 7) is 0.516. The van der Waals surface area contributed by atoms with Crippen LogP contribution >= 0.6 is 23.4 Å². The van der Waals surface area contributed by atoms with Crippen molar-refractivity contribution in [3.8, 4) is 0 Å². The smallest absolute Gasteiger partial charge is 0.239 e. The van der Waals surface area contributed by atoms with Crippen molar-refractivity contribution in [1.29, 1.82) is 0 Å². The molecule has 4 nitrogen and oxygen atoms in total. The molecule has 0 aromatic heterocycles. The number of benzene rings is 2. The van der Waals surface area contributed by atoms with Crippen LogP contribution in [-0.2, 0) is 11.3 Å². The maximum atomic E-state index is 12.0. The van der Waals surface area contributed by atoms with E-state index in [4.69, 9.17) is 11.6 Å². The van der Waals surface area contributed by atoms with Crippen molar-refractivity contribution in [2.24, 2.45) is 10.2 Å². The number of rotatable bonds is 4. The highest BCUT2D eigenvalue weighted by molar-refractivity contribution is 8.15. The zero-order chi connectivity index (χ0) is 16.1. The molecule has 1 saturated heterocycles. The minimum atomic E-state index is 0.0549. The molecule has 1 fully saturated rings. The minimum absolute atomic E-state index is 0.0549. The minimum Gasteiger partial charge on any atom is -0.285 e. The van der Waals surface area contributed by atoms with Crippen LogP contribution in [0.2, 0.25) is 5.02 Å². The Balaban J connectivity index is 1.72. The second kappa shape index (κ2) is 7.44. The lowest BCUT2D eigenvalue weighted by molar-refractivity contribution is -0.124. The number of carbonyl (C=O) groups is 1. The van der Waals surface area contributed by atoms with Crippen LogP contribution in [0.4, 0.5) is 0 Å². The van der Waals surface area contributed by atoms with Gasteiger partial charge in [-0.25, -0.2) is 0 Å². The summed E-state index contributed by atoms with van der Waals surface area (Å²) in [5, 5.41) is 9.58. The predicted molar refractivity (Wildman–Crippen MR) is 95.9 cm³/mol. The monoisotopic (exact) mass is 343 g/mol. The fourth-order valence-electron chi connectivity index (χ4n) is 2.09. The Kier molecular flexibility index (Phi) is 5.10. The average molecular weight is 344 g/mol. The van der Waals surface area contributed by atoms with Gasteiger partial charge in [-0.15, -0.1) is 5.10 Å². The molecular formula is C17H14ClN3OS. The number of hydrogen-bond donors (Lipinski definition) is 0. The van der Waals surface area contributed by atoms with Gasteiger partial charge in [0, 0.05) is 5.02 Å². The van der Waals surface area contributed by atoms with Crippen LogP contribution < -0.4 is 0 Å². The Morgan fingerprint density at radius 2 is 1.87 bits per heavy atom. The van der Waals surface area contributed by atoms with E-state index in [-0.39, 0.29) is 5.91 Å². The lowest BCUT2D eigenvalue weighted by atomic mass is 10.2. The second-order valence-electron chi connectivity index (χ2n) is 4.93. The molecule has 1 aliphatic heterocycles. The van der Waals surface area contributed by atoms with E-state index in [0.717, 1.165) is 11.1 Å². The van der Waals surface area contributed by atoms with E-state index in [0.29, 0.717) is 22.5 Å². The summed E-state index contributed by atoms with van der Waals surface area (Å²) in [5.41, 5.74) is 1.97. The lowest BCUT2D eigenvalue weighted by Crippen LogP contribution is -2.28. The summed E-state index contributed by atoms with van der Waals surface area (Å²) in [6, 6.07) is 17.2. The standard InChI is InChI=1S/C17H14ClN3OS/c18-15-8-6-13(7-9-15)10-19-20-17-21(16(22)12-23-17)11-14-4-2-1-3-5-14/h1-10H,11-12H2/b19-10+,20-17-. The van der Waals surface area contributed by atoms with E-state index in [1.54, 1.807) is 23.2 Å². The van der Waals surface area contributed by atoms with E-state index >= 15 is 0 Å². The first-order valence-electron chi connectivity index (χ1n) is 7.06. The topological polar surface area (TPSA) is 45.0 Å². The molecule has 0 radical (unpaired) electrons. The van der Waals surface area contributed by atoms with E-state index in [2.05, 4.69) is 10.2 Å². The zero-order valence-electron chi connectivity index (χ0n) is 12.2. The van der Waals surface area contributed by atoms with Crippen molar-refractivity contribution in [2.45, 2.75) is 6.54 Å². The highest BCUT2D eigenvalue weighted by Gasteiger charge is 2.28. The van der Waals surface area contributed by atoms with Crippen molar-refractivity contribution in [1.82, 2.24) is 4.90 Å². The van der Waals surface area contributed by atoms with Crippen molar-refractivity contribution >= 4 is 40.7 Å². The van der Waals surface area contributed by atoms with Crippen LogP contribution in [0.15, 0.2) is 64.8 Å². The Bertz CT molecular complexity index is 744. The quantitative estimate of drug-likeness (QED) is 0.626. The number of amidine groups is 1. The maximum Gasteiger partial charge on any atom is 0.239 e. The summed E-state index contributed by atoms with van der Waals surface area (Å²) in [7, 11) is 0. The van der Waals surface area contributed by atoms with Gasteiger partial charge in [-0.05, 0) is 23.3 Å². The molecule has 0 spiro atoms. The molecule has 0 atom stereocenters. The predicted octanol–water partition coefficient (Wildman–Crippen LogP) is 3.81. The summed E-state index contributed by atoms with van der Waals surface area (Å²) < 4.78 is 0. The molecule has 23 heavy (non-hydrogen) atoms. The van der Waals surface area contributed by atoms with Gasteiger partial charge in [-0.1, -0.05) is 65.8 Å². The van der Waals surface area contributed by atoms with Crippen LogP contribution in [0.25, 0.3) is 0 Å². The first kappa shape index (κ1) is 15.8. The molecule has 0 N–H and O–H groups in total. The third-order valence-electron chi connectivity index (χ3n) is 3.26. The van der Waals surface area contributed by atoms with Crippen molar-refractivity contribution in [2.75, 3.05) is 5.75 Å². The molecule has 1 heterocycles. The molecule has 2 aromatic rings. The first-order valence-corrected chi connectivity index (χ1v) is 8.42. The average Bonchev–Trinajstić information content (AvgIpc) is 2.91. The van der Waals surface area contributed by atoms with Crippen LogP contribution in [0, 0.1) is 0 Å². The highest BCUT2D eigenvalue weighted by atomic mass is 35.5. The molecule has 0 aliphatic carbocycles. The van der Waals surface area contributed by atoms with Gasteiger partial charge < -0.3 is 0 Å². The molecular weight excluding hydrogens is 330 g/mol. The normalized spacial score (nSPS) is 16.7. The number of amides is 1. The third-order valence-corrected chi connectivity index (χ3v) is 4.46. The van der Waals surface area contributed by atoms with Gasteiger partial charge in [0.05, 0.1) is 18.5 Å². The maximum absolute atomic E-state index is 12.0. The molecule has 116 valence electrons. The Labute approximate surface area is 143 Å². The summed E-state index contributed by atoms with van der Waals surface area (Å²) in [4.78, 5) is 13.7. The molecule has 1 amide bonds. The summed E-state index contributed by atoms with van der Waals surface area (Å²) in [6.07, 6.45) is 1.65. The van der Waals surface area contributed by atoms with Gasteiger partial charge in [-0.2, -0.15) is 5.10 Å². The number of halogens is 1. The zero-order valence-corrected chi connectivity index (χ0v) is 13.8. The number of hydrogen-bond acceptors (Lipinski definition) is 4. The van der Waals surface area contributed by atoms with Gasteiger partial charge in [0.15, 0.2) is 5.17 Å². The first-order chi connectivity index (χ1) is 11.2. The van der Waals surface area contributed by atoms with Crippen molar-refractivity contribution in [3.05, 3.63) is 70.7 Å². The number of carbonyl (C=O) groups excluding carboxylic acids is 1. The van der Waals surface area contributed by atoms with E-state index in [9.17, 15) is 4.79 Å². The second-order valence-corrected chi connectivity index (χ2v) is 6.31. The fraction of sp³-hybridized carbons (Fsp3) is 0.118. The molecule has 0 bridgehead atoms. The Morgan fingerprint density at radius 3 is 2.61 bits per heavy atom. The van der Waals surface area contributed by atoms with Crippen LogP contribution in [0.3, 0.4) is 0 Å². The Morgan fingerprint density at radius 1 is 1.13 bits per heavy atom. The highest BCUT2D eigenvalue weighted by Crippen LogP contribution is 2.22. The molecule has 3 rings (SSSR count). The summed E-state index contributed by atoms with van der Waals surface area (Å²) >= 11 is 7.25. The van der Waals surface area contributed by atoms with E-state index < -0.39 is 0 Å². The molecule has 0 saturated carbocycles. The SMILES string of the molecule is O=C1CS/C(=N\N=C\c2ccc(Cl)cc2)N1Cc1ccccc1. The lowest BCUT2D eigenvalue weighted by Gasteiger charge is -2.14. The van der Waals surface area contributed by atoms with E-state index in [1.165, 1.54) is 11.8 Å². The molecule has 6 heteroatoms. The molecule has 0 unspecified atom stereocenters. The van der Waals surface area contributed by atoms with Crippen LogP contribution in [0.1, 0.15) is 11.1 Å². The van der Waals surface area contributed by atoms with Gasteiger partial charge in [0.1, 0.15) is 0 Å². The van der Waals surface area contributed by atoms with Gasteiger partial charge >= 0.3 is 0 Å². The van der Waals surface area contributed by atoms with Crippen molar-refractivity contribution in [3.63, 3.8) is 0 Å². The van der Waals surface area contributed by atoms with Gasteiger partial charge in [0.2, 0.25) is 5.91 Å². The third kappa shape index (κ3) is 4.21. The van der Waals surface area contributed by atoms with Crippen LogP contribution in [0.5, 0.6) is 0 Å². The fourth-order valence-corrected chi connectivity index (χ4v) is 3.05. The summed E-state index contributed by atoms with van der Waals surface area (Å²) in [5.74, 6) is 0.460.